The van der Waals surface area contributed by atoms with Gasteiger partial charge in [-0.2, -0.15) is 0 Å². The average molecular weight is 256 g/mol. The molecule has 0 amide bonds. The predicted molar refractivity (Wildman–Crippen MR) is 77.5 cm³/mol. The third-order valence-corrected chi connectivity index (χ3v) is 3.99. The molecule has 3 heteroatoms. The molecule has 0 radical (unpaired) electrons. The molecule has 1 aliphatic heterocycles. The van der Waals surface area contributed by atoms with Crippen molar-refractivity contribution in [2.75, 3.05) is 19.6 Å². The number of hydrogen-bond donors (Lipinski definition) is 1. The molecule has 2 aromatic rings. The third-order valence-electron chi connectivity index (χ3n) is 3.99. The summed E-state index contributed by atoms with van der Waals surface area (Å²) in [5, 5.41) is 1.05. The number of aromatic amines is 1. The Morgan fingerprint density at radius 1 is 1.16 bits per heavy atom. The Kier molecular flexibility index (Phi) is 3.65. The number of fused-ring (bicyclic) bond motifs is 1. The zero-order chi connectivity index (χ0) is 13.1. The Labute approximate surface area is 113 Å². The van der Waals surface area contributed by atoms with E-state index in [1.807, 2.05) is 30.5 Å². The van der Waals surface area contributed by atoms with Crippen LogP contribution in [-0.2, 0) is 0 Å². The number of para-hydroxylation sites is 1. The largest absolute Gasteiger partial charge is 0.360 e. The van der Waals surface area contributed by atoms with Crippen LogP contribution in [0.3, 0.4) is 0 Å². The molecule has 3 nitrogen and oxygen atoms in total. The number of nitrogens with zero attached hydrogens (tertiary/aromatic N) is 1. The second-order valence-electron chi connectivity index (χ2n) is 5.32. The monoisotopic (exact) mass is 256 g/mol. The van der Waals surface area contributed by atoms with Crippen LogP contribution in [0.2, 0.25) is 0 Å². The maximum atomic E-state index is 12.3. The number of H-pyrrole nitrogens is 1. The molecule has 2 heterocycles. The molecule has 0 unspecified atom stereocenters. The fourth-order valence-corrected chi connectivity index (χ4v) is 2.88. The van der Waals surface area contributed by atoms with Crippen molar-refractivity contribution in [3.8, 4) is 0 Å². The lowest BCUT2D eigenvalue weighted by Gasteiger charge is -2.25. The van der Waals surface area contributed by atoms with Gasteiger partial charge in [0.25, 0.3) is 0 Å². The number of carbonyl (C=O) groups is 1. The number of nitrogens with one attached hydrogen (secondary N) is 1. The van der Waals surface area contributed by atoms with Gasteiger partial charge in [-0.05, 0) is 32.0 Å². The van der Waals surface area contributed by atoms with Crippen molar-refractivity contribution in [3.05, 3.63) is 36.0 Å². The Bertz CT molecular complexity index is 567. The summed E-state index contributed by atoms with van der Waals surface area (Å²) in [6.45, 7) is 3.21. The van der Waals surface area contributed by atoms with Gasteiger partial charge in [0.1, 0.15) is 0 Å². The molecular weight excluding hydrogens is 236 g/mol. The van der Waals surface area contributed by atoms with E-state index in [1.165, 1.54) is 19.3 Å². The number of piperidine rings is 1. The molecular formula is C16H20N2O. The highest BCUT2D eigenvalue weighted by Crippen LogP contribution is 2.19. The second-order valence-corrected chi connectivity index (χ2v) is 5.32. The van der Waals surface area contributed by atoms with Crippen molar-refractivity contribution in [2.45, 2.75) is 25.7 Å². The average Bonchev–Trinajstić information content (AvgIpc) is 2.90. The van der Waals surface area contributed by atoms with E-state index in [9.17, 15) is 4.79 Å². The van der Waals surface area contributed by atoms with Gasteiger partial charge >= 0.3 is 0 Å². The SMILES string of the molecule is O=C(CCN1CCCCC1)c1c[nH]c2ccccc12. The topological polar surface area (TPSA) is 36.1 Å². The maximum Gasteiger partial charge on any atom is 0.166 e. The first-order valence-corrected chi connectivity index (χ1v) is 7.16. The van der Waals surface area contributed by atoms with Gasteiger partial charge in [-0.1, -0.05) is 24.6 Å². The van der Waals surface area contributed by atoms with Crippen LogP contribution in [0.4, 0.5) is 0 Å². The molecule has 1 fully saturated rings. The van der Waals surface area contributed by atoms with Crippen molar-refractivity contribution < 1.29 is 4.79 Å². The first-order chi connectivity index (χ1) is 9.34. The number of likely N-dealkylation sites (tertiary alicyclic amines) is 1. The van der Waals surface area contributed by atoms with Crippen LogP contribution in [-0.4, -0.2) is 35.3 Å². The lowest BCUT2D eigenvalue weighted by Crippen LogP contribution is -2.31. The number of ketones is 1. The van der Waals surface area contributed by atoms with E-state index >= 15 is 0 Å². The zero-order valence-corrected chi connectivity index (χ0v) is 11.2. The van der Waals surface area contributed by atoms with E-state index in [4.69, 9.17) is 0 Å². The summed E-state index contributed by atoms with van der Waals surface area (Å²) in [7, 11) is 0. The van der Waals surface area contributed by atoms with Crippen LogP contribution in [0.5, 0.6) is 0 Å². The van der Waals surface area contributed by atoms with Crippen LogP contribution < -0.4 is 0 Å². The standard InChI is InChI=1S/C16H20N2O/c19-16(8-11-18-9-4-1-5-10-18)14-12-17-15-7-3-2-6-13(14)15/h2-3,6-7,12,17H,1,4-5,8-11H2. The predicted octanol–water partition coefficient (Wildman–Crippen LogP) is 3.23. The van der Waals surface area contributed by atoms with Crippen molar-refractivity contribution in [2.24, 2.45) is 0 Å². The van der Waals surface area contributed by atoms with E-state index in [0.29, 0.717) is 6.42 Å². The summed E-state index contributed by atoms with van der Waals surface area (Å²) >= 11 is 0. The Morgan fingerprint density at radius 2 is 1.95 bits per heavy atom. The summed E-state index contributed by atoms with van der Waals surface area (Å²) in [5.41, 5.74) is 1.89. The van der Waals surface area contributed by atoms with E-state index < -0.39 is 0 Å². The zero-order valence-electron chi connectivity index (χ0n) is 11.2. The number of rotatable bonds is 4. The van der Waals surface area contributed by atoms with Crippen molar-refractivity contribution >= 4 is 16.7 Å². The number of Topliss-reactive ketones (excluding diaryl/α,β-unsaturated/α-hetero) is 1. The highest BCUT2D eigenvalue weighted by atomic mass is 16.1. The smallest absolute Gasteiger partial charge is 0.166 e. The van der Waals surface area contributed by atoms with Crippen molar-refractivity contribution in [1.29, 1.82) is 0 Å². The van der Waals surface area contributed by atoms with E-state index in [0.717, 1.165) is 36.1 Å². The minimum absolute atomic E-state index is 0.253. The molecule has 1 aromatic heterocycles. The molecule has 19 heavy (non-hydrogen) atoms. The van der Waals surface area contributed by atoms with Gasteiger partial charge in [0.05, 0.1) is 0 Å². The molecule has 1 aliphatic rings. The summed E-state index contributed by atoms with van der Waals surface area (Å²) < 4.78 is 0. The third kappa shape index (κ3) is 2.71. The summed E-state index contributed by atoms with van der Waals surface area (Å²) in [6, 6.07) is 8.00. The molecule has 0 aliphatic carbocycles. The molecule has 0 spiro atoms. The van der Waals surface area contributed by atoms with Crippen molar-refractivity contribution in [1.82, 2.24) is 9.88 Å². The van der Waals surface area contributed by atoms with Gasteiger partial charge in [0, 0.05) is 35.6 Å². The number of carbonyl (C=O) groups excluding carboxylic acids is 1. The quantitative estimate of drug-likeness (QED) is 0.853. The Morgan fingerprint density at radius 3 is 2.79 bits per heavy atom. The van der Waals surface area contributed by atoms with Crippen LogP contribution in [0.25, 0.3) is 10.9 Å². The highest BCUT2D eigenvalue weighted by molar-refractivity contribution is 6.07. The maximum absolute atomic E-state index is 12.3. The van der Waals surface area contributed by atoms with Crippen LogP contribution in [0.1, 0.15) is 36.0 Å². The minimum atomic E-state index is 0.253. The number of hydrogen-bond acceptors (Lipinski definition) is 2. The molecule has 0 atom stereocenters. The number of benzene rings is 1. The summed E-state index contributed by atoms with van der Waals surface area (Å²) in [4.78, 5) is 17.9. The highest BCUT2D eigenvalue weighted by Gasteiger charge is 2.15. The lowest BCUT2D eigenvalue weighted by molar-refractivity contribution is 0.0960. The molecule has 3 rings (SSSR count). The number of aromatic nitrogens is 1. The van der Waals surface area contributed by atoms with Gasteiger partial charge in [-0.25, -0.2) is 0 Å². The normalized spacial score (nSPS) is 16.8. The van der Waals surface area contributed by atoms with Crippen LogP contribution >= 0.6 is 0 Å². The second kappa shape index (κ2) is 5.57. The molecule has 0 bridgehead atoms. The van der Waals surface area contributed by atoms with Gasteiger partial charge in [-0.3, -0.25) is 4.79 Å². The Balaban J connectivity index is 1.66. The van der Waals surface area contributed by atoms with Gasteiger partial charge in [-0.15, -0.1) is 0 Å². The van der Waals surface area contributed by atoms with E-state index in [-0.39, 0.29) is 5.78 Å². The summed E-state index contributed by atoms with van der Waals surface area (Å²) in [5.74, 6) is 0.253. The molecule has 1 aromatic carbocycles. The molecule has 1 N–H and O–H groups in total. The Hall–Kier alpha value is -1.61. The van der Waals surface area contributed by atoms with Crippen LogP contribution in [0.15, 0.2) is 30.5 Å². The van der Waals surface area contributed by atoms with Gasteiger partial charge < -0.3 is 9.88 Å². The fourth-order valence-electron chi connectivity index (χ4n) is 2.88. The molecule has 1 saturated heterocycles. The van der Waals surface area contributed by atoms with Crippen LogP contribution in [0, 0.1) is 0 Å². The first kappa shape index (κ1) is 12.4. The molecule has 100 valence electrons. The van der Waals surface area contributed by atoms with E-state index in [2.05, 4.69) is 9.88 Å². The first-order valence-electron chi connectivity index (χ1n) is 7.16. The van der Waals surface area contributed by atoms with E-state index in [1.54, 1.807) is 0 Å². The van der Waals surface area contributed by atoms with Crippen molar-refractivity contribution in [3.63, 3.8) is 0 Å². The van der Waals surface area contributed by atoms with Gasteiger partial charge in [0.15, 0.2) is 5.78 Å². The fraction of sp³-hybridized carbons (Fsp3) is 0.438. The lowest BCUT2D eigenvalue weighted by atomic mass is 10.1. The van der Waals surface area contributed by atoms with Gasteiger partial charge in [0.2, 0.25) is 0 Å². The summed E-state index contributed by atoms with van der Waals surface area (Å²) in [6.07, 6.45) is 6.38. The minimum Gasteiger partial charge on any atom is -0.360 e. The molecule has 0 saturated carbocycles.